The van der Waals surface area contributed by atoms with Crippen LogP contribution in [0.4, 0.5) is 0 Å². The van der Waals surface area contributed by atoms with Crippen LogP contribution in [-0.4, -0.2) is 63.7 Å². The Bertz CT molecular complexity index is 197. The van der Waals surface area contributed by atoms with Gasteiger partial charge >= 0.3 is 0 Å². The Morgan fingerprint density at radius 3 is 2.00 bits per heavy atom. The molecule has 0 unspecified atom stereocenters. The molecule has 4 heteroatoms. The fourth-order valence-electron chi connectivity index (χ4n) is 2.85. The average molecular weight is 259 g/mol. The Balaban J connectivity index is 2.49. The van der Waals surface area contributed by atoms with Crippen LogP contribution in [0, 0.1) is 5.41 Å². The number of hydrogen-bond donors (Lipinski definition) is 1. The predicted molar refractivity (Wildman–Crippen MR) is 72.8 cm³/mol. The molecule has 0 amide bonds. The van der Waals surface area contributed by atoms with Crippen LogP contribution in [0.1, 0.15) is 32.1 Å². The van der Waals surface area contributed by atoms with Crippen molar-refractivity contribution in [1.82, 2.24) is 4.90 Å². The van der Waals surface area contributed by atoms with E-state index in [1.165, 1.54) is 19.3 Å². The number of aliphatic hydroxyl groups is 1. The van der Waals surface area contributed by atoms with Crippen LogP contribution < -0.4 is 0 Å². The Morgan fingerprint density at radius 2 is 1.56 bits per heavy atom. The molecule has 1 saturated carbocycles. The molecule has 0 radical (unpaired) electrons. The Labute approximate surface area is 111 Å². The van der Waals surface area contributed by atoms with E-state index in [1.807, 2.05) is 0 Å². The Morgan fingerprint density at radius 1 is 1.00 bits per heavy atom. The van der Waals surface area contributed by atoms with Gasteiger partial charge in [0.25, 0.3) is 0 Å². The SMILES string of the molecule is COCCN(CCOC)CC1(CO)CCCCC1. The molecule has 1 rings (SSSR count). The molecule has 0 aliphatic heterocycles. The van der Waals surface area contributed by atoms with E-state index in [9.17, 15) is 5.11 Å². The predicted octanol–water partition coefficient (Wildman–Crippen LogP) is 1.52. The van der Waals surface area contributed by atoms with Gasteiger partial charge in [-0.1, -0.05) is 19.3 Å². The van der Waals surface area contributed by atoms with E-state index in [1.54, 1.807) is 14.2 Å². The van der Waals surface area contributed by atoms with Crippen LogP contribution in [0.25, 0.3) is 0 Å². The van der Waals surface area contributed by atoms with E-state index in [0.717, 1.165) is 45.7 Å². The summed E-state index contributed by atoms with van der Waals surface area (Å²) in [4.78, 5) is 2.37. The quantitative estimate of drug-likeness (QED) is 0.682. The molecule has 18 heavy (non-hydrogen) atoms. The van der Waals surface area contributed by atoms with Crippen LogP contribution in [0.5, 0.6) is 0 Å². The van der Waals surface area contributed by atoms with Crippen molar-refractivity contribution in [2.24, 2.45) is 5.41 Å². The fraction of sp³-hybridized carbons (Fsp3) is 1.00. The zero-order valence-electron chi connectivity index (χ0n) is 12.0. The first-order valence-electron chi connectivity index (χ1n) is 7.07. The van der Waals surface area contributed by atoms with Gasteiger partial charge in [-0.05, 0) is 12.8 Å². The molecule has 0 atom stereocenters. The molecule has 1 aliphatic rings. The third-order valence-corrected chi connectivity index (χ3v) is 4.03. The number of hydrogen-bond acceptors (Lipinski definition) is 4. The Hall–Kier alpha value is -0.160. The highest BCUT2D eigenvalue weighted by Gasteiger charge is 2.33. The minimum Gasteiger partial charge on any atom is -0.396 e. The van der Waals surface area contributed by atoms with E-state index in [2.05, 4.69) is 4.90 Å². The van der Waals surface area contributed by atoms with Crippen molar-refractivity contribution in [3.8, 4) is 0 Å². The molecule has 4 nitrogen and oxygen atoms in total. The van der Waals surface area contributed by atoms with Crippen LogP contribution in [0.3, 0.4) is 0 Å². The molecule has 1 N–H and O–H groups in total. The second kappa shape index (κ2) is 8.86. The number of ether oxygens (including phenoxy) is 2. The summed E-state index contributed by atoms with van der Waals surface area (Å²) in [6.07, 6.45) is 6.13. The maximum Gasteiger partial charge on any atom is 0.0589 e. The topological polar surface area (TPSA) is 41.9 Å². The highest BCUT2D eigenvalue weighted by molar-refractivity contribution is 4.85. The fourth-order valence-corrected chi connectivity index (χ4v) is 2.85. The van der Waals surface area contributed by atoms with E-state index < -0.39 is 0 Å². The summed E-state index contributed by atoms with van der Waals surface area (Å²) in [6.45, 7) is 4.60. The van der Waals surface area contributed by atoms with Crippen LogP contribution in [0.2, 0.25) is 0 Å². The van der Waals surface area contributed by atoms with Crippen molar-refractivity contribution < 1.29 is 14.6 Å². The van der Waals surface area contributed by atoms with Crippen molar-refractivity contribution in [3.63, 3.8) is 0 Å². The summed E-state index contributed by atoms with van der Waals surface area (Å²) in [5.41, 5.74) is 0.111. The molecule has 108 valence electrons. The largest absolute Gasteiger partial charge is 0.396 e. The third-order valence-electron chi connectivity index (χ3n) is 4.03. The second-order valence-corrected chi connectivity index (χ2v) is 5.48. The monoisotopic (exact) mass is 259 g/mol. The number of nitrogens with zero attached hydrogens (tertiary/aromatic N) is 1. The van der Waals surface area contributed by atoms with Crippen LogP contribution in [0.15, 0.2) is 0 Å². The number of methoxy groups -OCH3 is 2. The van der Waals surface area contributed by atoms with Crippen LogP contribution >= 0.6 is 0 Å². The van der Waals surface area contributed by atoms with Gasteiger partial charge in [-0.15, -0.1) is 0 Å². The molecule has 1 fully saturated rings. The second-order valence-electron chi connectivity index (χ2n) is 5.48. The highest BCUT2D eigenvalue weighted by Crippen LogP contribution is 2.36. The number of aliphatic hydroxyl groups excluding tert-OH is 1. The van der Waals surface area contributed by atoms with Crippen molar-refractivity contribution in [1.29, 1.82) is 0 Å². The molecule has 0 aromatic carbocycles. The zero-order chi connectivity index (χ0) is 13.3. The van der Waals surface area contributed by atoms with Gasteiger partial charge in [0, 0.05) is 45.9 Å². The van der Waals surface area contributed by atoms with Gasteiger partial charge in [0.2, 0.25) is 0 Å². The molecule has 0 aromatic rings. The maximum atomic E-state index is 9.75. The number of rotatable bonds is 9. The molecule has 0 spiro atoms. The minimum atomic E-state index is 0.111. The van der Waals surface area contributed by atoms with E-state index >= 15 is 0 Å². The molecular formula is C14H29NO3. The van der Waals surface area contributed by atoms with Gasteiger partial charge in [-0.2, -0.15) is 0 Å². The third kappa shape index (κ3) is 5.22. The van der Waals surface area contributed by atoms with E-state index in [4.69, 9.17) is 9.47 Å². The van der Waals surface area contributed by atoms with Gasteiger partial charge in [0.15, 0.2) is 0 Å². The van der Waals surface area contributed by atoms with E-state index in [-0.39, 0.29) is 5.41 Å². The summed E-state index contributed by atoms with van der Waals surface area (Å²) in [7, 11) is 3.47. The standard InChI is InChI=1S/C14H29NO3/c1-17-10-8-15(9-11-18-2)12-14(13-16)6-4-3-5-7-14/h16H,3-13H2,1-2H3. The molecule has 0 heterocycles. The summed E-state index contributed by atoms with van der Waals surface area (Å²) in [5, 5.41) is 9.75. The zero-order valence-corrected chi connectivity index (χ0v) is 12.0. The van der Waals surface area contributed by atoms with Gasteiger partial charge < -0.3 is 14.6 Å². The minimum absolute atomic E-state index is 0.111. The lowest BCUT2D eigenvalue weighted by molar-refractivity contribution is 0.0226. The van der Waals surface area contributed by atoms with Crippen molar-refractivity contribution in [3.05, 3.63) is 0 Å². The van der Waals surface area contributed by atoms with Crippen molar-refractivity contribution >= 4 is 0 Å². The first-order valence-corrected chi connectivity index (χ1v) is 7.07. The summed E-state index contributed by atoms with van der Waals surface area (Å²) >= 11 is 0. The van der Waals surface area contributed by atoms with Crippen molar-refractivity contribution in [2.45, 2.75) is 32.1 Å². The Kier molecular flexibility index (Phi) is 7.82. The van der Waals surface area contributed by atoms with E-state index in [0.29, 0.717) is 6.61 Å². The lowest BCUT2D eigenvalue weighted by atomic mass is 9.74. The summed E-state index contributed by atoms with van der Waals surface area (Å²) in [5.74, 6) is 0. The molecule has 1 aliphatic carbocycles. The van der Waals surface area contributed by atoms with Gasteiger partial charge in [-0.25, -0.2) is 0 Å². The maximum absolute atomic E-state index is 9.75. The van der Waals surface area contributed by atoms with Crippen LogP contribution in [-0.2, 0) is 9.47 Å². The lowest BCUT2D eigenvalue weighted by Crippen LogP contribution is -2.44. The summed E-state index contributed by atoms with van der Waals surface area (Å²) < 4.78 is 10.3. The first-order chi connectivity index (χ1) is 8.76. The first kappa shape index (κ1) is 15.9. The summed E-state index contributed by atoms with van der Waals surface area (Å²) in [6, 6.07) is 0. The highest BCUT2D eigenvalue weighted by atomic mass is 16.5. The van der Waals surface area contributed by atoms with Crippen molar-refractivity contribution in [2.75, 3.05) is 53.7 Å². The van der Waals surface area contributed by atoms with Gasteiger partial charge in [-0.3, -0.25) is 4.90 Å². The molecule has 0 aromatic heterocycles. The smallest absolute Gasteiger partial charge is 0.0589 e. The van der Waals surface area contributed by atoms with Gasteiger partial charge in [0.1, 0.15) is 0 Å². The normalized spacial score (nSPS) is 19.3. The lowest BCUT2D eigenvalue weighted by Gasteiger charge is -2.39. The average Bonchev–Trinajstić information content (AvgIpc) is 2.43. The molecular weight excluding hydrogens is 230 g/mol. The molecule has 0 saturated heterocycles. The molecule has 0 bridgehead atoms. The van der Waals surface area contributed by atoms with Gasteiger partial charge in [0.05, 0.1) is 13.2 Å².